The first-order valence-corrected chi connectivity index (χ1v) is 9.52. The average Bonchev–Trinajstić information content (AvgIpc) is 3.31. The summed E-state index contributed by atoms with van der Waals surface area (Å²) < 4.78 is 0. The number of carbonyl (C=O) groups is 2. The van der Waals surface area contributed by atoms with Crippen LogP contribution in [0.3, 0.4) is 0 Å². The number of amides is 1. The Morgan fingerprint density at radius 2 is 1.76 bits per heavy atom. The van der Waals surface area contributed by atoms with Crippen molar-refractivity contribution in [3.8, 4) is 0 Å². The summed E-state index contributed by atoms with van der Waals surface area (Å²) in [6, 6.07) is 8.53. The van der Waals surface area contributed by atoms with Crippen molar-refractivity contribution in [2.75, 3.05) is 13.1 Å². The highest BCUT2D eigenvalue weighted by atomic mass is 16.4. The molecule has 0 radical (unpaired) electrons. The van der Waals surface area contributed by atoms with E-state index in [2.05, 4.69) is 38.1 Å². The van der Waals surface area contributed by atoms with Crippen LogP contribution in [0.2, 0.25) is 0 Å². The van der Waals surface area contributed by atoms with Crippen LogP contribution < -0.4 is 0 Å². The molecule has 4 heteroatoms. The lowest BCUT2D eigenvalue weighted by atomic mass is 9.92. The van der Waals surface area contributed by atoms with E-state index in [9.17, 15) is 14.7 Å². The molecule has 136 valence electrons. The van der Waals surface area contributed by atoms with Gasteiger partial charge in [0.1, 0.15) is 0 Å². The van der Waals surface area contributed by atoms with Crippen molar-refractivity contribution < 1.29 is 14.7 Å². The fraction of sp³-hybridized carbons (Fsp3) is 0.619. The van der Waals surface area contributed by atoms with Crippen molar-refractivity contribution in [2.24, 2.45) is 23.7 Å². The normalized spacial score (nSPS) is 23.2. The second kappa shape index (κ2) is 7.59. The van der Waals surface area contributed by atoms with Gasteiger partial charge in [0.25, 0.3) is 0 Å². The molecule has 4 nitrogen and oxygen atoms in total. The minimum atomic E-state index is -0.743. The second-order valence-corrected chi connectivity index (χ2v) is 8.16. The van der Waals surface area contributed by atoms with Gasteiger partial charge in [-0.3, -0.25) is 9.59 Å². The van der Waals surface area contributed by atoms with E-state index in [1.807, 2.05) is 0 Å². The van der Waals surface area contributed by atoms with Crippen molar-refractivity contribution in [3.05, 3.63) is 35.4 Å². The zero-order valence-electron chi connectivity index (χ0n) is 15.3. The monoisotopic (exact) mass is 343 g/mol. The van der Waals surface area contributed by atoms with Gasteiger partial charge in [-0.1, -0.05) is 38.1 Å². The Hall–Kier alpha value is -1.84. The molecule has 2 aliphatic rings. The summed E-state index contributed by atoms with van der Waals surface area (Å²) in [5, 5.41) is 9.42. The van der Waals surface area contributed by atoms with Gasteiger partial charge < -0.3 is 10.0 Å². The summed E-state index contributed by atoms with van der Waals surface area (Å²) in [6.07, 6.45) is 4.51. The van der Waals surface area contributed by atoms with Crippen LogP contribution in [-0.4, -0.2) is 35.0 Å². The van der Waals surface area contributed by atoms with Gasteiger partial charge >= 0.3 is 5.97 Å². The lowest BCUT2D eigenvalue weighted by Crippen LogP contribution is -2.30. The lowest BCUT2D eigenvalue weighted by molar-refractivity contribution is -0.142. The summed E-state index contributed by atoms with van der Waals surface area (Å²) in [4.78, 5) is 25.8. The lowest BCUT2D eigenvalue weighted by Gasteiger charge is -2.16. The standard InChI is InChI=1S/C21H29NO3/c1-14(2)11-16-5-3-15(4-6-16)7-10-20(23)22-12-18(17-8-9-17)19(13-22)21(24)25/h3-6,14,17-19H,7-13H2,1-2H3,(H,24,25)/t18-,19+/m1/s1. The molecule has 0 unspecified atom stereocenters. The molecule has 2 atom stereocenters. The van der Waals surface area contributed by atoms with Crippen molar-refractivity contribution in [3.63, 3.8) is 0 Å². The van der Waals surface area contributed by atoms with E-state index in [-0.39, 0.29) is 17.7 Å². The minimum Gasteiger partial charge on any atom is -0.481 e. The fourth-order valence-electron chi connectivity index (χ4n) is 4.02. The van der Waals surface area contributed by atoms with Crippen LogP contribution in [0.5, 0.6) is 0 Å². The number of benzene rings is 1. The van der Waals surface area contributed by atoms with Gasteiger partial charge in [-0.05, 0) is 54.6 Å². The first kappa shape index (κ1) is 18.0. The molecule has 0 aromatic heterocycles. The maximum Gasteiger partial charge on any atom is 0.308 e. The number of likely N-dealkylation sites (tertiary alicyclic amines) is 1. The van der Waals surface area contributed by atoms with Crippen molar-refractivity contribution in [1.82, 2.24) is 4.90 Å². The molecule has 1 aliphatic heterocycles. The molecule has 1 N–H and O–H groups in total. The summed E-state index contributed by atoms with van der Waals surface area (Å²) in [5.74, 6) is 0.314. The summed E-state index contributed by atoms with van der Waals surface area (Å²) >= 11 is 0. The van der Waals surface area contributed by atoms with E-state index < -0.39 is 5.97 Å². The molecular formula is C21H29NO3. The maximum atomic E-state index is 12.5. The predicted molar refractivity (Wildman–Crippen MR) is 97.2 cm³/mol. The van der Waals surface area contributed by atoms with Crippen LogP contribution in [0.25, 0.3) is 0 Å². The number of carbonyl (C=O) groups excluding carboxylic acids is 1. The Bertz CT molecular complexity index is 619. The highest BCUT2D eigenvalue weighted by Crippen LogP contribution is 2.44. The molecule has 1 aliphatic carbocycles. The first-order valence-electron chi connectivity index (χ1n) is 9.52. The fourth-order valence-corrected chi connectivity index (χ4v) is 4.02. The van der Waals surface area contributed by atoms with E-state index in [1.54, 1.807) is 4.90 Å². The van der Waals surface area contributed by atoms with Crippen LogP contribution in [0, 0.1) is 23.7 Å². The van der Waals surface area contributed by atoms with E-state index in [1.165, 1.54) is 11.1 Å². The van der Waals surface area contributed by atoms with Crippen LogP contribution >= 0.6 is 0 Å². The number of nitrogens with zero attached hydrogens (tertiary/aromatic N) is 1. The highest BCUT2D eigenvalue weighted by molar-refractivity contribution is 5.79. The average molecular weight is 343 g/mol. The SMILES string of the molecule is CC(C)Cc1ccc(CCC(=O)N2C[C@H](C(=O)O)[C@@H](C3CC3)C2)cc1. The number of carboxylic acid groups (broad SMARTS) is 1. The van der Waals surface area contributed by atoms with Gasteiger partial charge in [0, 0.05) is 19.5 Å². The molecule has 1 aromatic rings. The summed E-state index contributed by atoms with van der Waals surface area (Å²) in [5.41, 5.74) is 2.51. The van der Waals surface area contributed by atoms with Gasteiger partial charge in [-0.2, -0.15) is 0 Å². The Morgan fingerprint density at radius 3 is 2.32 bits per heavy atom. The third kappa shape index (κ3) is 4.62. The van der Waals surface area contributed by atoms with Crippen LogP contribution in [-0.2, 0) is 22.4 Å². The molecule has 0 spiro atoms. The molecule has 1 heterocycles. The zero-order chi connectivity index (χ0) is 18.0. The molecule has 1 aromatic carbocycles. The van der Waals surface area contributed by atoms with Gasteiger partial charge in [0.05, 0.1) is 5.92 Å². The van der Waals surface area contributed by atoms with Crippen molar-refractivity contribution in [2.45, 2.75) is 46.0 Å². The molecule has 0 bridgehead atoms. The number of carboxylic acids is 1. The molecule has 3 rings (SSSR count). The minimum absolute atomic E-state index is 0.0978. The van der Waals surface area contributed by atoms with Gasteiger partial charge in [0.15, 0.2) is 0 Å². The quantitative estimate of drug-likeness (QED) is 0.825. The number of aliphatic carboxylic acids is 1. The molecule has 1 amide bonds. The molecule has 1 saturated carbocycles. The van der Waals surface area contributed by atoms with Crippen LogP contribution in [0.1, 0.15) is 44.2 Å². The van der Waals surface area contributed by atoms with E-state index in [0.29, 0.717) is 31.3 Å². The smallest absolute Gasteiger partial charge is 0.308 e. The predicted octanol–water partition coefficient (Wildman–Crippen LogP) is 3.39. The summed E-state index contributed by atoms with van der Waals surface area (Å²) in [6.45, 7) is 5.44. The Labute approximate surface area is 150 Å². The van der Waals surface area contributed by atoms with E-state index >= 15 is 0 Å². The summed E-state index contributed by atoms with van der Waals surface area (Å²) in [7, 11) is 0. The van der Waals surface area contributed by atoms with Crippen LogP contribution in [0.4, 0.5) is 0 Å². The van der Waals surface area contributed by atoms with Crippen molar-refractivity contribution in [1.29, 1.82) is 0 Å². The van der Waals surface area contributed by atoms with E-state index in [0.717, 1.165) is 25.7 Å². The number of rotatable bonds is 7. The van der Waals surface area contributed by atoms with Gasteiger partial charge in [-0.15, -0.1) is 0 Å². The Balaban J connectivity index is 1.51. The van der Waals surface area contributed by atoms with Crippen LogP contribution in [0.15, 0.2) is 24.3 Å². The van der Waals surface area contributed by atoms with Gasteiger partial charge in [0.2, 0.25) is 5.91 Å². The maximum absolute atomic E-state index is 12.5. The Kier molecular flexibility index (Phi) is 5.45. The Morgan fingerprint density at radius 1 is 1.12 bits per heavy atom. The number of aryl methyl sites for hydroxylation is 1. The third-order valence-electron chi connectivity index (χ3n) is 5.56. The largest absolute Gasteiger partial charge is 0.481 e. The molecular weight excluding hydrogens is 314 g/mol. The first-order chi connectivity index (χ1) is 11.9. The number of hydrogen-bond donors (Lipinski definition) is 1. The van der Waals surface area contributed by atoms with Gasteiger partial charge in [-0.25, -0.2) is 0 Å². The highest BCUT2D eigenvalue weighted by Gasteiger charge is 2.46. The topological polar surface area (TPSA) is 57.6 Å². The zero-order valence-corrected chi connectivity index (χ0v) is 15.3. The number of hydrogen-bond acceptors (Lipinski definition) is 2. The third-order valence-corrected chi connectivity index (χ3v) is 5.56. The second-order valence-electron chi connectivity index (χ2n) is 8.16. The van der Waals surface area contributed by atoms with Crippen molar-refractivity contribution >= 4 is 11.9 Å². The van der Waals surface area contributed by atoms with E-state index in [4.69, 9.17) is 0 Å². The molecule has 25 heavy (non-hydrogen) atoms. The molecule has 2 fully saturated rings. The molecule has 1 saturated heterocycles.